The third-order valence-corrected chi connectivity index (χ3v) is 5.61. The number of carbonyl (C=O) groups excluding carboxylic acids is 1. The number of hydrogen-bond donors (Lipinski definition) is 2. The van der Waals surface area contributed by atoms with Crippen molar-refractivity contribution in [3.8, 4) is 0 Å². The predicted octanol–water partition coefficient (Wildman–Crippen LogP) is 4.81. The van der Waals surface area contributed by atoms with E-state index in [9.17, 15) is 36.2 Å². The molecule has 0 spiro atoms. The molecule has 0 bridgehead atoms. The van der Waals surface area contributed by atoms with Crippen LogP contribution in [-0.4, -0.2) is 17.6 Å². The molecule has 0 radical (unpaired) electrons. The first-order valence-electron chi connectivity index (χ1n) is 8.25. The average molecular weight is 423 g/mol. The maximum absolute atomic E-state index is 12.9. The number of hydrogen-bond acceptors (Lipinski definition) is 3. The van der Waals surface area contributed by atoms with Crippen molar-refractivity contribution >= 4 is 17.2 Å². The lowest BCUT2D eigenvalue weighted by Crippen LogP contribution is -2.42. The van der Waals surface area contributed by atoms with E-state index in [4.69, 9.17) is 0 Å². The zero-order chi connectivity index (χ0) is 20.7. The van der Waals surface area contributed by atoms with Crippen LogP contribution in [-0.2, 0) is 18.0 Å². The molecule has 1 heterocycles. The highest BCUT2D eigenvalue weighted by Gasteiger charge is 2.46. The van der Waals surface area contributed by atoms with Crippen LogP contribution in [0.15, 0.2) is 35.7 Å². The standard InChI is InChI=1S/C18H15F6NO2S/c19-17(20,21)12-6-10(7-13(8-12)18(22,23)24)15(26)25-9-16(27,11-3-4-11)14-2-1-5-28-14/h1-2,5-8,11,27H,3-4,9H2,(H,25,26). The molecule has 1 fully saturated rings. The lowest BCUT2D eigenvalue weighted by Gasteiger charge is -2.27. The number of amides is 1. The number of thiophene rings is 1. The van der Waals surface area contributed by atoms with Crippen LogP contribution >= 0.6 is 11.3 Å². The van der Waals surface area contributed by atoms with Crippen molar-refractivity contribution in [1.29, 1.82) is 0 Å². The quantitative estimate of drug-likeness (QED) is 0.678. The lowest BCUT2D eigenvalue weighted by molar-refractivity contribution is -0.143. The van der Waals surface area contributed by atoms with Gasteiger partial charge in [0.15, 0.2) is 0 Å². The summed E-state index contributed by atoms with van der Waals surface area (Å²) in [6, 6.07) is 4.07. The highest BCUT2D eigenvalue weighted by Crippen LogP contribution is 2.46. The van der Waals surface area contributed by atoms with Crippen molar-refractivity contribution < 1.29 is 36.2 Å². The highest BCUT2D eigenvalue weighted by molar-refractivity contribution is 7.10. The van der Waals surface area contributed by atoms with Crippen LogP contribution in [0.2, 0.25) is 0 Å². The highest BCUT2D eigenvalue weighted by atomic mass is 32.1. The molecule has 10 heteroatoms. The Bertz CT molecular complexity index is 826. The number of nitrogens with one attached hydrogen (secondary N) is 1. The zero-order valence-corrected chi connectivity index (χ0v) is 15.0. The van der Waals surface area contributed by atoms with Crippen LogP contribution < -0.4 is 5.32 Å². The van der Waals surface area contributed by atoms with E-state index in [1.807, 2.05) is 0 Å². The van der Waals surface area contributed by atoms with Crippen molar-refractivity contribution in [2.45, 2.75) is 30.8 Å². The Hall–Kier alpha value is -2.07. The van der Waals surface area contributed by atoms with Crippen LogP contribution in [0.1, 0.15) is 39.2 Å². The van der Waals surface area contributed by atoms with Gasteiger partial charge in [-0.1, -0.05) is 6.07 Å². The minimum absolute atomic E-state index is 0.0387. The van der Waals surface area contributed by atoms with E-state index in [1.165, 1.54) is 11.3 Å². The Morgan fingerprint density at radius 2 is 1.64 bits per heavy atom. The van der Waals surface area contributed by atoms with Gasteiger partial charge in [0.05, 0.1) is 17.7 Å². The molecule has 1 atom stereocenters. The molecule has 0 aliphatic heterocycles. The predicted molar refractivity (Wildman–Crippen MR) is 89.7 cm³/mol. The molecule has 152 valence electrons. The first kappa shape index (κ1) is 20.7. The van der Waals surface area contributed by atoms with E-state index in [-0.39, 0.29) is 18.5 Å². The van der Waals surface area contributed by atoms with Gasteiger partial charge in [-0.25, -0.2) is 0 Å². The molecule has 0 saturated heterocycles. The van der Waals surface area contributed by atoms with E-state index in [2.05, 4.69) is 5.32 Å². The molecule has 1 aromatic carbocycles. The molecule has 1 saturated carbocycles. The average Bonchev–Trinajstić information content (AvgIpc) is 3.32. The van der Waals surface area contributed by atoms with Gasteiger partial charge < -0.3 is 10.4 Å². The van der Waals surface area contributed by atoms with Gasteiger partial charge in [-0.05, 0) is 48.4 Å². The smallest absolute Gasteiger partial charge is 0.382 e. The summed E-state index contributed by atoms with van der Waals surface area (Å²) in [5.74, 6) is -1.24. The molecule has 3 rings (SSSR count). The molecule has 28 heavy (non-hydrogen) atoms. The van der Waals surface area contributed by atoms with Crippen LogP contribution in [0.3, 0.4) is 0 Å². The van der Waals surface area contributed by atoms with Gasteiger partial charge in [0, 0.05) is 10.4 Å². The van der Waals surface area contributed by atoms with Gasteiger partial charge >= 0.3 is 12.4 Å². The van der Waals surface area contributed by atoms with Crippen LogP contribution in [0, 0.1) is 5.92 Å². The van der Waals surface area contributed by atoms with E-state index in [0.29, 0.717) is 29.9 Å². The largest absolute Gasteiger partial charge is 0.416 e. The third-order valence-electron chi connectivity index (χ3n) is 4.57. The molecule has 2 N–H and O–H groups in total. The maximum Gasteiger partial charge on any atom is 0.416 e. The van der Waals surface area contributed by atoms with E-state index in [1.54, 1.807) is 17.5 Å². The number of rotatable bonds is 5. The zero-order valence-electron chi connectivity index (χ0n) is 14.2. The molecule has 1 unspecified atom stereocenters. The number of benzene rings is 1. The first-order chi connectivity index (χ1) is 12.9. The summed E-state index contributed by atoms with van der Waals surface area (Å²) in [5, 5.41) is 14.9. The summed E-state index contributed by atoms with van der Waals surface area (Å²) in [6.45, 7) is -0.311. The van der Waals surface area contributed by atoms with Gasteiger partial charge in [0.25, 0.3) is 5.91 Å². The van der Waals surface area contributed by atoms with Gasteiger partial charge in [-0.3, -0.25) is 4.79 Å². The third kappa shape index (κ3) is 4.33. The van der Waals surface area contributed by atoms with E-state index in [0.717, 1.165) is 0 Å². The van der Waals surface area contributed by atoms with Crippen molar-refractivity contribution in [3.63, 3.8) is 0 Å². The fourth-order valence-corrected chi connectivity index (χ4v) is 3.83. The van der Waals surface area contributed by atoms with Crippen LogP contribution in [0.4, 0.5) is 26.3 Å². The topological polar surface area (TPSA) is 49.3 Å². The fraction of sp³-hybridized carbons (Fsp3) is 0.389. The molecule has 1 aromatic heterocycles. The minimum Gasteiger partial charge on any atom is -0.382 e. The second kappa shape index (κ2) is 7.07. The molecular weight excluding hydrogens is 408 g/mol. The summed E-state index contributed by atoms with van der Waals surface area (Å²) in [6.07, 6.45) is -8.65. The van der Waals surface area contributed by atoms with Crippen LogP contribution in [0.5, 0.6) is 0 Å². The van der Waals surface area contributed by atoms with Crippen molar-refractivity contribution in [1.82, 2.24) is 5.32 Å². The van der Waals surface area contributed by atoms with Crippen molar-refractivity contribution in [2.24, 2.45) is 5.92 Å². The second-order valence-electron chi connectivity index (χ2n) is 6.65. The molecule has 3 nitrogen and oxygen atoms in total. The molecule has 1 aliphatic carbocycles. The fourth-order valence-electron chi connectivity index (χ4n) is 2.92. The second-order valence-corrected chi connectivity index (χ2v) is 7.60. The van der Waals surface area contributed by atoms with Gasteiger partial charge in [-0.2, -0.15) is 26.3 Å². The Morgan fingerprint density at radius 3 is 2.07 bits per heavy atom. The SMILES string of the molecule is O=C(NCC(O)(c1cccs1)C1CC1)c1cc(C(F)(F)F)cc(C(F)(F)F)c1. The van der Waals surface area contributed by atoms with Gasteiger partial charge in [0.1, 0.15) is 5.60 Å². The molecule has 1 aliphatic rings. The number of halogens is 6. The Kier molecular flexibility index (Phi) is 5.22. The summed E-state index contributed by atoms with van der Waals surface area (Å²) in [5.41, 5.74) is -5.31. The summed E-state index contributed by atoms with van der Waals surface area (Å²) in [4.78, 5) is 12.9. The molecule has 2 aromatic rings. The van der Waals surface area contributed by atoms with Crippen molar-refractivity contribution in [3.05, 3.63) is 57.3 Å². The maximum atomic E-state index is 12.9. The lowest BCUT2D eigenvalue weighted by atomic mass is 9.95. The monoisotopic (exact) mass is 423 g/mol. The molecular formula is C18H15F6NO2S. The Labute approximate surface area is 160 Å². The van der Waals surface area contributed by atoms with E-state index >= 15 is 0 Å². The minimum atomic E-state index is -5.04. The Balaban J connectivity index is 1.86. The van der Waals surface area contributed by atoms with E-state index < -0.39 is 40.6 Å². The normalized spacial score (nSPS) is 17.2. The molecule has 1 amide bonds. The number of alkyl halides is 6. The van der Waals surface area contributed by atoms with Crippen molar-refractivity contribution in [2.75, 3.05) is 6.54 Å². The summed E-state index contributed by atoms with van der Waals surface area (Å²) < 4.78 is 77.6. The number of aliphatic hydroxyl groups is 1. The number of carbonyl (C=O) groups is 1. The summed E-state index contributed by atoms with van der Waals surface area (Å²) >= 11 is 1.26. The summed E-state index contributed by atoms with van der Waals surface area (Å²) in [7, 11) is 0. The van der Waals surface area contributed by atoms with Crippen LogP contribution in [0.25, 0.3) is 0 Å². The van der Waals surface area contributed by atoms with Gasteiger partial charge in [0.2, 0.25) is 0 Å². The van der Waals surface area contributed by atoms with Gasteiger partial charge in [-0.15, -0.1) is 11.3 Å². The Morgan fingerprint density at radius 1 is 1.07 bits per heavy atom. The first-order valence-corrected chi connectivity index (χ1v) is 9.13.